The van der Waals surface area contributed by atoms with Crippen LogP contribution in [0.3, 0.4) is 0 Å². The van der Waals surface area contributed by atoms with Crippen LogP contribution in [0.2, 0.25) is 5.02 Å². The molecule has 15 heteroatoms. The van der Waals surface area contributed by atoms with Gasteiger partial charge in [-0.15, -0.1) is 0 Å². The number of halogens is 1. The van der Waals surface area contributed by atoms with Crippen molar-refractivity contribution in [2.24, 2.45) is 0 Å². The maximum Gasteiger partial charge on any atom is 0.348 e. The third kappa shape index (κ3) is 8.49. The molecule has 0 spiro atoms. The van der Waals surface area contributed by atoms with Crippen LogP contribution in [0.15, 0.2) is 50.5 Å². The number of nitrogens with zero attached hydrogens (tertiary/aromatic N) is 1. The summed E-state index contributed by atoms with van der Waals surface area (Å²) in [5.74, 6) is -2.81. The molecule has 5 N–H and O–H groups in total. The normalized spacial score (nSPS) is 13.0. The molecule has 0 aliphatic carbocycles. The number of carbonyl (C=O) groups is 3. The first-order chi connectivity index (χ1) is 19.2. The van der Waals surface area contributed by atoms with Crippen LogP contribution in [0.25, 0.3) is 10.9 Å². The molecule has 0 aliphatic heterocycles. The number of aromatic nitrogens is 1. The zero-order valence-electron chi connectivity index (χ0n) is 22.6. The standard InChI is InChI=1S/C26H30ClN5O8S/c1-13(2)28-26-31-20-12-17(11-14(3)22(20)25(37)40-26)29-24(36)19(9-10-21(33)34)30-23(35)15(4)32-41(38,39)18-7-5-16(27)6-8-18/h5-8,11-13,15,19,32H,9-10H2,1-4H3,(H,28,31)(H,29,36)(H,30,35)(H,33,34)/t15-,19-/m0/s1. The molecule has 0 radical (unpaired) electrons. The average Bonchev–Trinajstić information content (AvgIpc) is 2.85. The first-order valence-corrected chi connectivity index (χ1v) is 14.4. The molecule has 0 saturated heterocycles. The molecule has 0 unspecified atom stereocenters. The van der Waals surface area contributed by atoms with Crippen LogP contribution in [0.4, 0.5) is 11.7 Å². The van der Waals surface area contributed by atoms with Crippen molar-refractivity contribution in [1.82, 2.24) is 15.0 Å². The van der Waals surface area contributed by atoms with Gasteiger partial charge < -0.3 is 25.5 Å². The summed E-state index contributed by atoms with van der Waals surface area (Å²) in [6.45, 7) is 6.58. The number of carboxylic acids is 1. The van der Waals surface area contributed by atoms with Crippen molar-refractivity contribution in [3.8, 4) is 0 Å². The van der Waals surface area contributed by atoms with Gasteiger partial charge in [0.1, 0.15) is 6.04 Å². The van der Waals surface area contributed by atoms with Crippen molar-refractivity contribution in [2.75, 3.05) is 10.6 Å². The Morgan fingerprint density at radius 3 is 2.34 bits per heavy atom. The molecule has 220 valence electrons. The lowest BCUT2D eigenvalue weighted by atomic mass is 10.1. The van der Waals surface area contributed by atoms with Crippen LogP contribution >= 0.6 is 11.6 Å². The Morgan fingerprint density at radius 1 is 1.07 bits per heavy atom. The smallest absolute Gasteiger partial charge is 0.348 e. The van der Waals surface area contributed by atoms with Crippen LogP contribution in [0.1, 0.15) is 39.2 Å². The summed E-state index contributed by atoms with van der Waals surface area (Å²) in [5.41, 5.74) is 0.331. The van der Waals surface area contributed by atoms with E-state index in [1.807, 2.05) is 13.8 Å². The molecule has 2 aromatic carbocycles. The van der Waals surface area contributed by atoms with E-state index in [-0.39, 0.29) is 40.0 Å². The Balaban J connectivity index is 1.80. The third-order valence-corrected chi connectivity index (χ3v) is 7.55. The lowest BCUT2D eigenvalue weighted by molar-refractivity contribution is -0.137. The molecule has 3 rings (SSSR count). The topological polar surface area (TPSA) is 197 Å². The minimum atomic E-state index is -4.10. The summed E-state index contributed by atoms with van der Waals surface area (Å²) in [6.07, 6.45) is -0.729. The number of nitrogens with one attached hydrogen (secondary N) is 4. The first kappa shape index (κ1) is 31.5. The van der Waals surface area contributed by atoms with Crippen molar-refractivity contribution in [2.45, 2.75) is 63.6 Å². The predicted octanol–water partition coefficient (Wildman–Crippen LogP) is 2.63. The summed E-state index contributed by atoms with van der Waals surface area (Å²) in [6, 6.07) is 5.55. The molecule has 1 aromatic heterocycles. The molecule has 0 saturated carbocycles. The van der Waals surface area contributed by atoms with E-state index in [9.17, 15) is 27.6 Å². The highest BCUT2D eigenvalue weighted by molar-refractivity contribution is 7.89. The average molecular weight is 608 g/mol. The highest BCUT2D eigenvalue weighted by atomic mass is 35.5. The summed E-state index contributed by atoms with van der Waals surface area (Å²) in [5, 5.41) is 17.6. The highest BCUT2D eigenvalue weighted by Crippen LogP contribution is 2.22. The molecule has 2 amide bonds. The molecule has 13 nitrogen and oxygen atoms in total. The number of hydrogen-bond donors (Lipinski definition) is 5. The molecule has 0 fully saturated rings. The lowest BCUT2D eigenvalue weighted by Crippen LogP contribution is -2.51. The molecule has 3 aromatic rings. The fraction of sp³-hybridized carbons (Fsp3) is 0.346. The van der Waals surface area contributed by atoms with Crippen molar-refractivity contribution in [3.63, 3.8) is 0 Å². The SMILES string of the molecule is Cc1cc(NC(=O)[C@H](CCC(=O)O)NC(=O)[C@H](C)NS(=O)(=O)c2ccc(Cl)cc2)cc2nc(NC(C)C)oc(=O)c12. The highest BCUT2D eigenvalue weighted by Gasteiger charge is 2.27. The maximum atomic E-state index is 13.2. The third-order valence-electron chi connectivity index (χ3n) is 5.74. The molecule has 0 bridgehead atoms. The number of hydrogen-bond acceptors (Lipinski definition) is 9. The number of carboxylic acid groups (broad SMARTS) is 1. The van der Waals surface area contributed by atoms with E-state index in [0.717, 1.165) is 0 Å². The summed E-state index contributed by atoms with van der Waals surface area (Å²) < 4.78 is 32.7. The van der Waals surface area contributed by atoms with Crippen molar-refractivity contribution >= 4 is 62.0 Å². The van der Waals surface area contributed by atoms with Gasteiger partial charge >= 0.3 is 11.6 Å². The van der Waals surface area contributed by atoms with Crippen LogP contribution in [-0.2, 0) is 24.4 Å². The zero-order valence-corrected chi connectivity index (χ0v) is 24.2. The van der Waals surface area contributed by atoms with Gasteiger partial charge in [0, 0.05) is 23.2 Å². The number of fused-ring (bicyclic) bond motifs is 1. The molecule has 1 heterocycles. The zero-order chi connectivity index (χ0) is 30.5. The molecule has 2 atom stereocenters. The predicted molar refractivity (Wildman–Crippen MR) is 152 cm³/mol. The number of sulfonamides is 1. The molecule has 0 aliphatic rings. The van der Waals surface area contributed by atoms with E-state index in [0.29, 0.717) is 10.6 Å². The van der Waals surface area contributed by atoms with Crippen LogP contribution in [0, 0.1) is 6.92 Å². The molecule has 41 heavy (non-hydrogen) atoms. The van der Waals surface area contributed by atoms with Crippen molar-refractivity contribution in [3.05, 3.63) is 57.4 Å². The van der Waals surface area contributed by atoms with E-state index in [4.69, 9.17) is 21.1 Å². The van der Waals surface area contributed by atoms with E-state index < -0.39 is 51.9 Å². The van der Waals surface area contributed by atoms with Gasteiger partial charge in [0.15, 0.2) is 0 Å². The Labute approximate surface area is 240 Å². The number of anilines is 2. The van der Waals surface area contributed by atoms with E-state index >= 15 is 0 Å². The maximum absolute atomic E-state index is 13.2. The minimum Gasteiger partial charge on any atom is -0.481 e. The largest absolute Gasteiger partial charge is 0.481 e. The second-order valence-electron chi connectivity index (χ2n) is 9.57. The Hall–Kier alpha value is -4.01. The number of aliphatic carboxylic acids is 1. The van der Waals surface area contributed by atoms with E-state index in [1.54, 1.807) is 6.92 Å². The fourth-order valence-electron chi connectivity index (χ4n) is 3.80. The van der Waals surface area contributed by atoms with Gasteiger partial charge in [-0.2, -0.15) is 9.71 Å². The first-order valence-electron chi connectivity index (χ1n) is 12.5. The summed E-state index contributed by atoms with van der Waals surface area (Å²) in [7, 11) is -4.10. The van der Waals surface area contributed by atoms with Gasteiger partial charge in [-0.25, -0.2) is 13.2 Å². The number of amides is 2. The van der Waals surface area contributed by atoms with E-state index in [2.05, 4.69) is 25.7 Å². The van der Waals surface area contributed by atoms with Gasteiger partial charge in [0.2, 0.25) is 21.8 Å². The second-order valence-corrected chi connectivity index (χ2v) is 11.7. The molecular weight excluding hydrogens is 578 g/mol. The second kappa shape index (κ2) is 13.1. The van der Waals surface area contributed by atoms with Gasteiger partial charge in [0.05, 0.1) is 21.8 Å². The quantitative estimate of drug-likeness (QED) is 0.204. The van der Waals surface area contributed by atoms with Crippen molar-refractivity contribution < 1.29 is 32.3 Å². The van der Waals surface area contributed by atoms with Gasteiger partial charge in [0.25, 0.3) is 6.01 Å². The Morgan fingerprint density at radius 2 is 1.73 bits per heavy atom. The summed E-state index contributed by atoms with van der Waals surface area (Å²) in [4.78, 5) is 53.9. The van der Waals surface area contributed by atoms with Crippen LogP contribution in [0.5, 0.6) is 0 Å². The minimum absolute atomic E-state index is 0.00187. The van der Waals surface area contributed by atoms with Crippen LogP contribution in [-0.4, -0.2) is 54.4 Å². The van der Waals surface area contributed by atoms with Crippen LogP contribution < -0.4 is 26.3 Å². The number of rotatable bonds is 12. The fourth-order valence-corrected chi connectivity index (χ4v) is 5.13. The van der Waals surface area contributed by atoms with Crippen molar-refractivity contribution in [1.29, 1.82) is 0 Å². The monoisotopic (exact) mass is 607 g/mol. The van der Waals surface area contributed by atoms with Gasteiger partial charge in [-0.3, -0.25) is 14.4 Å². The lowest BCUT2D eigenvalue weighted by Gasteiger charge is -2.21. The Bertz CT molecular complexity index is 1620. The number of benzene rings is 2. The summed E-state index contributed by atoms with van der Waals surface area (Å²) >= 11 is 5.80. The number of aryl methyl sites for hydroxylation is 1. The number of carbonyl (C=O) groups excluding carboxylic acids is 2. The Kier molecular flexibility index (Phi) is 10.1. The van der Waals surface area contributed by atoms with Gasteiger partial charge in [-0.1, -0.05) is 11.6 Å². The van der Waals surface area contributed by atoms with E-state index in [1.165, 1.54) is 43.3 Å². The molecular formula is C26H30ClN5O8S. The van der Waals surface area contributed by atoms with Gasteiger partial charge in [-0.05, 0) is 76.1 Å².